The lowest BCUT2D eigenvalue weighted by Gasteiger charge is -2.37. The number of amides is 3. The van der Waals surface area contributed by atoms with E-state index in [1.165, 1.54) is 4.90 Å². The number of allylic oxidation sites excluding steroid dienone is 1. The van der Waals surface area contributed by atoms with Crippen molar-refractivity contribution in [1.29, 1.82) is 0 Å². The third-order valence-electron chi connectivity index (χ3n) is 8.67. The van der Waals surface area contributed by atoms with E-state index in [-0.39, 0.29) is 32.1 Å². The molecule has 2 fully saturated rings. The molecule has 5 bridgehead atoms. The highest BCUT2D eigenvalue weighted by atomic mass is 79.9. The number of nitrogens with one attached hydrogen (secondary N) is 1. The molecule has 2 N–H and O–H groups in total. The average molecular weight is 645 g/mol. The number of nitrogens with zero attached hydrogens (tertiary/aromatic N) is 2. The molecule has 3 amide bonds. The molecule has 1 spiro atoms. The maximum atomic E-state index is 14.4. The van der Waals surface area contributed by atoms with Gasteiger partial charge in [-0.15, -0.1) is 0 Å². The van der Waals surface area contributed by atoms with Crippen molar-refractivity contribution in [3.8, 4) is 0 Å². The molecule has 5 rings (SSSR count). The Labute approximate surface area is 254 Å². The first-order valence-electron chi connectivity index (χ1n) is 14.7. The van der Waals surface area contributed by atoms with Crippen LogP contribution in [-0.2, 0) is 28.7 Å². The van der Waals surface area contributed by atoms with Crippen LogP contribution >= 0.6 is 15.9 Å². The Morgan fingerprint density at radius 1 is 1.14 bits per heavy atom. The zero-order chi connectivity index (χ0) is 30.0. The van der Waals surface area contributed by atoms with Gasteiger partial charge in [0.1, 0.15) is 24.4 Å². The van der Waals surface area contributed by atoms with E-state index in [0.717, 1.165) is 18.4 Å². The van der Waals surface area contributed by atoms with E-state index in [1.54, 1.807) is 17.9 Å². The van der Waals surface area contributed by atoms with Crippen molar-refractivity contribution in [3.63, 3.8) is 0 Å². The summed E-state index contributed by atoms with van der Waals surface area (Å²) in [5.41, 5.74) is -0.627. The summed E-state index contributed by atoms with van der Waals surface area (Å²) in [6, 6.07) is 6.82. The summed E-state index contributed by atoms with van der Waals surface area (Å²) in [5, 5.41) is 13.2. The quantitative estimate of drug-likeness (QED) is 0.361. The van der Waals surface area contributed by atoms with Gasteiger partial charge in [-0.1, -0.05) is 71.8 Å². The number of hydrogen-bond acceptors (Lipinski definition) is 7. The normalized spacial score (nSPS) is 33.2. The van der Waals surface area contributed by atoms with E-state index >= 15 is 0 Å². The number of carbonyl (C=O) groups is 4. The fraction of sp³-hybridized carbons (Fsp3) is 0.548. The number of cyclic esters (lactones) is 1. The number of ether oxygens (including phenoxy) is 2. The molecule has 42 heavy (non-hydrogen) atoms. The highest BCUT2D eigenvalue weighted by Crippen LogP contribution is 2.59. The van der Waals surface area contributed by atoms with Gasteiger partial charge in [0.15, 0.2) is 0 Å². The standard InChI is InChI=1S/C31H38BrN3O7/c1-3-4-14-34-15-10-6-9-13-23(37)41-18-22(20-11-7-5-8-12-20)33-28(38)24-25-29(39)35(19(2)17-36)27(30(34)40)31(25)16-21(32)26(24)42-31/h5-8,10-12,16,19,22,24-27,36H,3-4,9,13-15,17-18H2,1-2H3,(H,33,38)/b10-6-/t19-,22-,24-,25+,26-,27-,31+/m1/s1. The largest absolute Gasteiger partial charge is 0.463 e. The highest BCUT2D eigenvalue weighted by Gasteiger charge is 2.75. The summed E-state index contributed by atoms with van der Waals surface area (Å²) in [5.74, 6) is -3.44. The van der Waals surface area contributed by atoms with E-state index < -0.39 is 59.5 Å². The first-order valence-corrected chi connectivity index (χ1v) is 15.5. The molecule has 4 aliphatic heterocycles. The number of aliphatic hydroxyl groups is 1. The average Bonchev–Trinajstić information content (AvgIpc) is 3.59. The lowest BCUT2D eigenvalue weighted by atomic mass is 9.74. The Bertz CT molecular complexity index is 1270. The molecule has 7 atom stereocenters. The molecule has 2 saturated heterocycles. The van der Waals surface area contributed by atoms with Gasteiger partial charge in [0, 0.05) is 24.0 Å². The van der Waals surface area contributed by atoms with Gasteiger partial charge >= 0.3 is 5.97 Å². The molecule has 0 aliphatic carbocycles. The number of carbonyl (C=O) groups excluding carboxylic acids is 4. The van der Waals surface area contributed by atoms with Crippen molar-refractivity contribution < 1.29 is 33.8 Å². The number of hydrogen-bond donors (Lipinski definition) is 2. The van der Waals surface area contributed by atoms with Crippen molar-refractivity contribution in [2.24, 2.45) is 11.8 Å². The summed E-state index contributed by atoms with van der Waals surface area (Å²) in [7, 11) is 0. The predicted octanol–water partition coefficient (Wildman–Crippen LogP) is 2.62. The van der Waals surface area contributed by atoms with E-state index in [4.69, 9.17) is 9.47 Å². The van der Waals surface area contributed by atoms with Gasteiger partial charge < -0.3 is 29.7 Å². The van der Waals surface area contributed by atoms with Crippen LogP contribution in [0.1, 0.15) is 51.1 Å². The molecule has 1 aromatic rings. The minimum Gasteiger partial charge on any atom is -0.463 e. The number of benzene rings is 1. The number of aliphatic hydroxyl groups excluding tert-OH is 1. The van der Waals surface area contributed by atoms with Crippen LogP contribution in [0.15, 0.2) is 53.0 Å². The van der Waals surface area contributed by atoms with Crippen LogP contribution in [0, 0.1) is 11.8 Å². The molecule has 0 radical (unpaired) electrons. The molecular formula is C31H38BrN3O7. The number of esters is 1. The molecule has 11 heteroatoms. The molecule has 0 aromatic heterocycles. The molecule has 4 aliphatic rings. The number of likely N-dealkylation sites (tertiary alicyclic amines) is 1. The Morgan fingerprint density at radius 2 is 1.90 bits per heavy atom. The van der Waals surface area contributed by atoms with E-state index in [0.29, 0.717) is 17.4 Å². The second-order valence-electron chi connectivity index (χ2n) is 11.4. The first kappa shape index (κ1) is 30.4. The van der Waals surface area contributed by atoms with Crippen LogP contribution in [0.3, 0.4) is 0 Å². The predicted molar refractivity (Wildman–Crippen MR) is 157 cm³/mol. The maximum absolute atomic E-state index is 14.4. The van der Waals surface area contributed by atoms with Gasteiger partial charge in [-0.25, -0.2) is 0 Å². The first-order chi connectivity index (χ1) is 20.2. The smallest absolute Gasteiger partial charge is 0.306 e. The van der Waals surface area contributed by atoms with Gasteiger partial charge in [0.2, 0.25) is 17.7 Å². The lowest BCUT2D eigenvalue weighted by Crippen LogP contribution is -2.58. The van der Waals surface area contributed by atoms with Crippen molar-refractivity contribution in [1.82, 2.24) is 15.1 Å². The van der Waals surface area contributed by atoms with Crippen LogP contribution in [0.25, 0.3) is 0 Å². The van der Waals surface area contributed by atoms with Gasteiger partial charge in [-0.05, 0) is 31.4 Å². The second kappa shape index (κ2) is 12.7. The van der Waals surface area contributed by atoms with Gasteiger partial charge in [0.05, 0.1) is 30.5 Å². The number of unbranched alkanes of at least 4 members (excludes halogenated alkanes) is 1. The summed E-state index contributed by atoms with van der Waals surface area (Å²) in [6.07, 6.45) is 6.92. The van der Waals surface area contributed by atoms with E-state index in [2.05, 4.69) is 21.2 Å². The Hall–Kier alpha value is -3.02. The SMILES string of the molecule is CCCCN1C/C=C\CCC(=O)OC[C@H](c2ccccc2)NC(=O)[C@H]2[C@@H]3O[C@@]4(C=C3Br)[C@@H]2C(=O)N([C@H](C)CO)[C@@H]4C1=O. The van der Waals surface area contributed by atoms with Crippen LogP contribution in [0.5, 0.6) is 0 Å². The molecule has 0 saturated carbocycles. The van der Waals surface area contributed by atoms with Crippen molar-refractivity contribution in [3.05, 3.63) is 58.6 Å². The topological polar surface area (TPSA) is 125 Å². The highest BCUT2D eigenvalue weighted by molar-refractivity contribution is 9.11. The maximum Gasteiger partial charge on any atom is 0.306 e. The van der Waals surface area contributed by atoms with Crippen LogP contribution in [-0.4, -0.2) is 88.7 Å². The Morgan fingerprint density at radius 3 is 2.62 bits per heavy atom. The second-order valence-corrected chi connectivity index (χ2v) is 12.3. The zero-order valence-electron chi connectivity index (χ0n) is 23.9. The summed E-state index contributed by atoms with van der Waals surface area (Å²) >= 11 is 3.57. The Kier molecular flexibility index (Phi) is 9.20. The molecule has 1 aromatic carbocycles. The van der Waals surface area contributed by atoms with Crippen LogP contribution < -0.4 is 5.32 Å². The monoisotopic (exact) mass is 643 g/mol. The van der Waals surface area contributed by atoms with Crippen LogP contribution in [0.4, 0.5) is 0 Å². The van der Waals surface area contributed by atoms with Gasteiger partial charge in [-0.3, -0.25) is 19.2 Å². The minimum atomic E-state index is -1.38. The van der Waals surface area contributed by atoms with Crippen molar-refractivity contribution in [2.75, 3.05) is 26.3 Å². The molecule has 226 valence electrons. The number of fused-ring (bicyclic) bond motifs is 2. The zero-order valence-corrected chi connectivity index (χ0v) is 25.5. The third kappa shape index (κ3) is 5.42. The minimum absolute atomic E-state index is 0.0725. The Balaban J connectivity index is 1.59. The van der Waals surface area contributed by atoms with E-state index in [1.807, 2.05) is 49.4 Å². The van der Waals surface area contributed by atoms with Gasteiger partial charge in [0.25, 0.3) is 0 Å². The number of rotatable bonds is 6. The van der Waals surface area contributed by atoms with E-state index in [9.17, 15) is 24.3 Å². The van der Waals surface area contributed by atoms with Crippen molar-refractivity contribution in [2.45, 2.75) is 69.4 Å². The molecular weight excluding hydrogens is 606 g/mol. The molecule has 4 heterocycles. The fourth-order valence-corrected chi connectivity index (χ4v) is 7.29. The summed E-state index contributed by atoms with van der Waals surface area (Å²) in [4.78, 5) is 58.3. The van der Waals surface area contributed by atoms with Crippen LogP contribution in [0.2, 0.25) is 0 Å². The van der Waals surface area contributed by atoms with Gasteiger partial charge in [-0.2, -0.15) is 0 Å². The number of halogens is 1. The summed E-state index contributed by atoms with van der Waals surface area (Å²) < 4.78 is 12.7. The van der Waals surface area contributed by atoms with Crippen molar-refractivity contribution >= 4 is 39.6 Å². The lowest BCUT2D eigenvalue weighted by molar-refractivity contribution is -0.150. The fourth-order valence-electron chi connectivity index (χ4n) is 6.55. The molecule has 0 unspecified atom stereocenters. The molecule has 10 nitrogen and oxygen atoms in total. The summed E-state index contributed by atoms with van der Waals surface area (Å²) in [6.45, 7) is 4.06. The third-order valence-corrected chi connectivity index (χ3v) is 9.35.